The van der Waals surface area contributed by atoms with Gasteiger partial charge in [0.25, 0.3) is 0 Å². The Labute approximate surface area is 108 Å². The van der Waals surface area contributed by atoms with Gasteiger partial charge in [0.05, 0.1) is 6.26 Å². The van der Waals surface area contributed by atoms with Crippen molar-refractivity contribution in [1.29, 1.82) is 0 Å². The van der Waals surface area contributed by atoms with Crippen LogP contribution in [0.15, 0.2) is 51.6 Å². The fraction of sp³-hybridized carbons (Fsp3) is 0.154. The van der Waals surface area contributed by atoms with Gasteiger partial charge in [-0.15, -0.1) is 0 Å². The molecule has 0 atom stereocenters. The normalized spacial score (nSPS) is 10.2. The van der Waals surface area contributed by atoms with E-state index < -0.39 is 0 Å². The van der Waals surface area contributed by atoms with Crippen molar-refractivity contribution >= 4 is 27.5 Å². The third-order valence-electron chi connectivity index (χ3n) is 2.31. The van der Waals surface area contributed by atoms with Gasteiger partial charge >= 0.3 is 0 Å². The highest BCUT2D eigenvalue weighted by atomic mass is 79.9. The lowest BCUT2D eigenvalue weighted by molar-refractivity contribution is -0.116. The lowest BCUT2D eigenvalue weighted by atomic mass is 10.2. The molecule has 0 radical (unpaired) electrons. The molecule has 0 spiro atoms. The zero-order valence-corrected chi connectivity index (χ0v) is 10.7. The summed E-state index contributed by atoms with van der Waals surface area (Å²) in [7, 11) is 0. The summed E-state index contributed by atoms with van der Waals surface area (Å²) in [4.78, 5) is 11.6. The number of benzene rings is 1. The second-order valence-corrected chi connectivity index (χ2v) is 4.55. The predicted octanol–water partition coefficient (Wildman–Crippen LogP) is 3.61. The highest BCUT2D eigenvalue weighted by Gasteiger charge is 2.04. The van der Waals surface area contributed by atoms with Crippen LogP contribution in [0.3, 0.4) is 0 Å². The molecule has 0 unspecified atom stereocenters. The molecule has 2 rings (SSSR count). The summed E-state index contributed by atoms with van der Waals surface area (Å²) in [5.41, 5.74) is 0.803. The first-order chi connectivity index (χ1) is 8.24. The highest BCUT2D eigenvalue weighted by molar-refractivity contribution is 9.10. The number of hydrogen-bond donors (Lipinski definition) is 1. The average Bonchev–Trinajstić information content (AvgIpc) is 2.83. The molecule has 0 fully saturated rings. The van der Waals surface area contributed by atoms with Gasteiger partial charge in [-0.1, -0.05) is 15.9 Å². The van der Waals surface area contributed by atoms with Crippen LogP contribution in [0.25, 0.3) is 0 Å². The topological polar surface area (TPSA) is 42.2 Å². The largest absolute Gasteiger partial charge is 0.469 e. The van der Waals surface area contributed by atoms with E-state index in [4.69, 9.17) is 4.42 Å². The third-order valence-corrected chi connectivity index (χ3v) is 2.84. The molecule has 3 nitrogen and oxygen atoms in total. The maximum Gasteiger partial charge on any atom is 0.224 e. The summed E-state index contributed by atoms with van der Waals surface area (Å²) in [5, 5.41) is 2.83. The number of carbonyl (C=O) groups excluding carboxylic acids is 1. The van der Waals surface area contributed by atoms with Crippen molar-refractivity contribution in [2.75, 3.05) is 5.32 Å². The number of furan rings is 1. The lowest BCUT2D eigenvalue weighted by Gasteiger charge is -2.04. The lowest BCUT2D eigenvalue weighted by Crippen LogP contribution is -2.11. The molecule has 0 aliphatic carbocycles. The van der Waals surface area contributed by atoms with E-state index in [0.717, 1.165) is 15.9 Å². The van der Waals surface area contributed by atoms with Gasteiger partial charge in [0.2, 0.25) is 5.91 Å². The van der Waals surface area contributed by atoms with Crippen molar-refractivity contribution in [3.05, 3.63) is 52.9 Å². The number of anilines is 1. The molecule has 0 saturated heterocycles. The Morgan fingerprint density at radius 3 is 2.65 bits per heavy atom. The molecule has 4 heteroatoms. The number of aryl methyl sites for hydroxylation is 1. The molecule has 1 N–H and O–H groups in total. The van der Waals surface area contributed by atoms with Crippen molar-refractivity contribution < 1.29 is 9.21 Å². The maximum absolute atomic E-state index is 11.6. The molecule has 1 aromatic heterocycles. The highest BCUT2D eigenvalue weighted by Crippen LogP contribution is 2.14. The number of hydrogen-bond acceptors (Lipinski definition) is 2. The summed E-state index contributed by atoms with van der Waals surface area (Å²) >= 11 is 3.34. The fourth-order valence-electron chi connectivity index (χ4n) is 1.45. The van der Waals surface area contributed by atoms with Crippen molar-refractivity contribution in [2.45, 2.75) is 12.8 Å². The molecule has 1 aromatic carbocycles. The van der Waals surface area contributed by atoms with Crippen molar-refractivity contribution in [3.63, 3.8) is 0 Å². The smallest absolute Gasteiger partial charge is 0.224 e. The summed E-state index contributed by atoms with van der Waals surface area (Å²) in [5.74, 6) is 0.819. The summed E-state index contributed by atoms with van der Waals surface area (Å²) < 4.78 is 6.16. The van der Waals surface area contributed by atoms with Crippen LogP contribution in [0.2, 0.25) is 0 Å². The molecule has 0 aliphatic heterocycles. The first-order valence-electron chi connectivity index (χ1n) is 5.32. The van der Waals surface area contributed by atoms with E-state index in [1.165, 1.54) is 0 Å². The predicted molar refractivity (Wildman–Crippen MR) is 69.8 cm³/mol. The van der Waals surface area contributed by atoms with Gasteiger partial charge < -0.3 is 9.73 Å². The van der Waals surface area contributed by atoms with Gasteiger partial charge in [-0.2, -0.15) is 0 Å². The maximum atomic E-state index is 11.6. The average molecular weight is 294 g/mol. The molecular weight excluding hydrogens is 282 g/mol. The Balaban J connectivity index is 1.83. The van der Waals surface area contributed by atoms with Crippen molar-refractivity contribution in [3.8, 4) is 0 Å². The van der Waals surface area contributed by atoms with E-state index in [2.05, 4.69) is 21.2 Å². The van der Waals surface area contributed by atoms with Crippen LogP contribution in [-0.4, -0.2) is 5.91 Å². The molecule has 0 aliphatic rings. The molecular formula is C13H12BrNO2. The van der Waals surface area contributed by atoms with Gasteiger partial charge in [0.1, 0.15) is 5.76 Å². The van der Waals surface area contributed by atoms with E-state index in [-0.39, 0.29) is 5.91 Å². The van der Waals surface area contributed by atoms with Crippen LogP contribution >= 0.6 is 15.9 Å². The van der Waals surface area contributed by atoms with Crippen LogP contribution in [0.4, 0.5) is 5.69 Å². The number of rotatable bonds is 4. The Kier molecular flexibility index (Phi) is 3.98. The van der Waals surface area contributed by atoms with Gasteiger partial charge in [-0.25, -0.2) is 0 Å². The molecule has 1 amide bonds. The Morgan fingerprint density at radius 1 is 1.24 bits per heavy atom. The summed E-state index contributed by atoms with van der Waals surface area (Å²) in [6, 6.07) is 11.2. The third kappa shape index (κ3) is 3.75. The second-order valence-electron chi connectivity index (χ2n) is 3.63. The van der Waals surface area contributed by atoms with Gasteiger partial charge in [-0.05, 0) is 36.4 Å². The molecule has 1 heterocycles. The van der Waals surface area contributed by atoms with Crippen molar-refractivity contribution in [2.24, 2.45) is 0 Å². The second kappa shape index (κ2) is 5.68. The zero-order chi connectivity index (χ0) is 12.1. The molecule has 2 aromatic rings. The van der Waals surface area contributed by atoms with E-state index in [1.54, 1.807) is 6.26 Å². The van der Waals surface area contributed by atoms with E-state index in [1.807, 2.05) is 36.4 Å². The Morgan fingerprint density at radius 2 is 2.00 bits per heavy atom. The van der Waals surface area contributed by atoms with Crippen LogP contribution in [0.5, 0.6) is 0 Å². The SMILES string of the molecule is O=C(CCc1ccco1)Nc1ccc(Br)cc1. The standard InChI is InChI=1S/C13H12BrNO2/c14-10-3-5-11(6-4-10)15-13(16)8-7-12-2-1-9-17-12/h1-6,9H,7-8H2,(H,15,16). The van der Waals surface area contributed by atoms with E-state index in [0.29, 0.717) is 12.8 Å². The van der Waals surface area contributed by atoms with Crippen LogP contribution in [0.1, 0.15) is 12.2 Å². The van der Waals surface area contributed by atoms with Crippen molar-refractivity contribution in [1.82, 2.24) is 0 Å². The Hall–Kier alpha value is -1.55. The van der Waals surface area contributed by atoms with Gasteiger partial charge in [-0.3, -0.25) is 4.79 Å². The van der Waals surface area contributed by atoms with Crippen LogP contribution in [0, 0.1) is 0 Å². The first kappa shape index (κ1) is 11.9. The quantitative estimate of drug-likeness (QED) is 0.936. The van der Waals surface area contributed by atoms with Gasteiger partial charge in [0, 0.05) is 23.0 Å². The summed E-state index contributed by atoms with van der Waals surface area (Å²) in [6.45, 7) is 0. The number of halogens is 1. The number of nitrogens with one attached hydrogen (secondary N) is 1. The molecule has 0 saturated carbocycles. The number of amides is 1. The Bertz CT molecular complexity index is 477. The minimum atomic E-state index is -0.0104. The van der Waals surface area contributed by atoms with Crippen LogP contribution in [-0.2, 0) is 11.2 Å². The molecule has 17 heavy (non-hydrogen) atoms. The fourth-order valence-corrected chi connectivity index (χ4v) is 1.71. The monoisotopic (exact) mass is 293 g/mol. The minimum Gasteiger partial charge on any atom is -0.469 e. The molecule has 0 bridgehead atoms. The van der Waals surface area contributed by atoms with E-state index in [9.17, 15) is 4.79 Å². The number of carbonyl (C=O) groups is 1. The summed E-state index contributed by atoms with van der Waals surface area (Å²) in [6.07, 6.45) is 2.65. The van der Waals surface area contributed by atoms with Gasteiger partial charge in [0.15, 0.2) is 0 Å². The molecule has 88 valence electrons. The zero-order valence-electron chi connectivity index (χ0n) is 9.15. The van der Waals surface area contributed by atoms with E-state index >= 15 is 0 Å². The minimum absolute atomic E-state index is 0.0104. The van der Waals surface area contributed by atoms with Crippen LogP contribution < -0.4 is 5.32 Å². The first-order valence-corrected chi connectivity index (χ1v) is 6.11.